The van der Waals surface area contributed by atoms with Gasteiger partial charge in [-0.15, -0.1) is 0 Å². The van der Waals surface area contributed by atoms with Gasteiger partial charge in [-0.25, -0.2) is 0 Å². The third-order valence-corrected chi connectivity index (χ3v) is 4.30. The molecule has 128 valence electrons. The minimum Gasteiger partial charge on any atom is -0.494 e. The summed E-state index contributed by atoms with van der Waals surface area (Å²) in [6, 6.07) is 13.6. The van der Waals surface area contributed by atoms with Crippen molar-refractivity contribution in [1.29, 1.82) is 0 Å². The summed E-state index contributed by atoms with van der Waals surface area (Å²) >= 11 is 0. The maximum Gasteiger partial charge on any atom is 0.280 e. The Morgan fingerprint density at radius 1 is 1.04 bits per heavy atom. The van der Waals surface area contributed by atoms with Gasteiger partial charge < -0.3 is 4.74 Å². The highest BCUT2D eigenvalue weighted by atomic mass is 16.5. The summed E-state index contributed by atoms with van der Waals surface area (Å²) in [5, 5.41) is 5.92. The second-order valence-corrected chi connectivity index (χ2v) is 6.13. The van der Waals surface area contributed by atoms with Crippen LogP contribution in [0.1, 0.15) is 30.5 Å². The van der Waals surface area contributed by atoms with Crippen molar-refractivity contribution in [1.82, 2.24) is 0 Å². The molecule has 1 heterocycles. The quantitative estimate of drug-likeness (QED) is 0.772. The average Bonchev–Trinajstić information content (AvgIpc) is 2.87. The molecule has 0 unspecified atom stereocenters. The van der Waals surface area contributed by atoms with Crippen molar-refractivity contribution < 1.29 is 9.53 Å². The van der Waals surface area contributed by atoms with Crippen LogP contribution in [0.2, 0.25) is 0 Å². The van der Waals surface area contributed by atoms with E-state index in [2.05, 4.69) is 12.0 Å². The predicted molar refractivity (Wildman–Crippen MR) is 102 cm³/mol. The van der Waals surface area contributed by atoms with Gasteiger partial charge in [-0.05, 0) is 74.7 Å². The van der Waals surface area contributed by atoms with Gasteiger partial charge in [0.15, 0.2) is 0 Å². The molecule has 0 radical (unpaired) electrons. The lowest BCUT2D eigenvalue weighted by Gasteiger charge is -2.13. The van der Waals surface area contributed by atoms with Crippen molar-refractivity contribution in [3.05, 3.63) is 64.7 Å². The smallest absolute Gasteiger partial charge is 0.280 e. The monoisotopic (exact) mass is 334 g/mol. The summed E-state index contributed by atoms with van der Waals surface area (Å²) in [6.45, 7) is 8.53. The Morgan fingerprint density at radius 3 is 2.40 bits per heavy atom. The van der Waals surface area contributed by atoms with Gasteiger partial charge in [0.1, 0.15) is 5.75 Å². The fourth-order valence-electron chi connectivity index (χ4n) is 2.71. The fraction of sp³-hybridized carbons (Fsp3) is 0.238. The standard InChI is InChI=1S/C21H22N2O2/c1-5-25-19-10-7-17(8-11-19)13-20-16(4)22-23(21(20)24)18-9-6-14(2)15(3)12-18/h6-13H,5H2,1-4H3. The molecule has 4 heteroatoms. The van der Waals surface area contributed by atoms with Gasteiger partial charge in [0.05, 0.1) is 23.6 Å². The maximum atomic E-state index is 12.8. The Kier molecular flexibility index (Phi) is 4.70. The Morgan fingerprint density at radius 2 is 1.76 bits per heavy atom. The van der Waals surface area contributed by atoms with Crippen molar-refractivity contribution in [2.24, 2.45) is 5.10 Å². The number of carbonyl (C=O) groups is 1. The number of nitrogens with zero attached hydrogens (tertiary/aromatic N) is 2. The fourth-order valence-corrected chi connectivity index (χ4v) is 2.71. The van der Waals surface area contributed by atoms with E-state index >= 15 is 0 Å². The third-order valence-electron chi connectivity index (χ3n) is 4.30. The summed E-state index contributed by atoms with van der Waals surface area (Å²) in [4.78, 5) is 12.8. The van der Waals surface area contributed by atoms with Gasteiger partial charge >= 0.3 is 0 Å². The van der Waals surface area contributed by atoms with Crippen molar-refractivity contribution in [3.8, 4) is 5.75 Å². The normalized spacial score (nSPS) is 15.7. The Bertz CT molecular complexity index is 864. The highest BCUT2D eigenvalue weighted by Crippen LogP contribution is 2.27. The van der Waals surface area contributed by atoms with Crippen molar-refractivity contribution in [2.45, 2.75) is 27.7 Å². The van der Waals surface area contributed by atoms with E-state index in [0.717, 1.165) is 28.3 Å². The topological polar surface area (TPSA) is 41.9 Å². The van der Waals surface area contributed by atoms with Crippen LogP contribution in [0.4, 0.5) is 5.69 Å². The van der Waals surface area contributed by atoms with E-state index in [4.69, 9.17) is 4.74 Å². The van der Waals surface area contributed by atoms with Crippen molar-refractivity contribution in [2.75, 3.05) is 11.6 Å². The Balaban J connectivity index is 1.87. The van der Waals surface area contributed by atoms with Crippen LogP contribution < -0.4 is 9.75 Å². The summed E-state index contributed by atoms with van der Waals surface area (Å²) in [7, 11) is 0. The predicted octanol–water partition coefficient (Wildman–Crippen LogP) is 4.51. The van der Waals surface area contributed by atoms with Crippen LogP contribution in [-0.2, 0) is 4.79 Å². The van der Waals surface area contributed by atoms with E-state index in [9.17, 15) is 4.79 Å². The number of benzene rings is 2. The van der Waals surface area contributed by atoms with Crippen LogP contribution >= 0.6 is 0 Å². The second-order valence-electron chi connectivity index (χ2n) is 6.13. The molecule has 0 aromatic heterocycles. The number of aryl methyl sites for hydroxylation is 2. The molecule has 4 nitrogen and oxygen atoms in total. The van der Waals surface area contributed by atoms with Crippen LogP contribution in [0.5, 0.6) is 5.75 Å². The lowest BCUT2D eigenvalue weighted by molar-refractivity contribution is -0.114. The second kappa shape index (κ2) is 6.93. The van der Waals surface area contributed by atoms with Gasteiger partial charge in [0, 0.05) is 0 Å². The molecule has 0 bridgehead atoms. The minimum absolute atomic E-state index is 0.102. The van der Waals surface area contributed by atoms with Crippen molar-refractivity contribution in [3.63, 3.8) is 0 Å². The molecular formula is C21H22N2O2. The molecule has 1 aliphatic rings. The van der Waals surface area contributed by atoms with Gasteiger partial charge in [0.25, 0.3) is 5.91 Å². The average molecular weight is 334 g/mol. The molecule has 0 spiro atoms. The van der Waals surface area contributed by atoms with Crippen molar-refractivity contribution >= 4 is 23.4 Å². The first-order valence-electron chi connectivity index (χ1n) is 8.41. The highest BCUT2D eigenvalue weighted by molar-refractivity contribution is 6.32. The summed E-state index contributed by atoms with van der Waals surface area (Å²) in [5.41, 5.74) is 5.41. The first-order valence-corrected chi connectivity index (χ1v) is 8.41. The lowest BCUT2D eigenvalue weighted by atomic mass is 10.1. The Hall–Kier alpha value is -2.88. The molecule has 0 saturated heterocycles. The number of amides is 1. The van der Waals surface area contributed by atoms with E-state index in [0.29, 0.717) is 12.2 Å². The number of carbonyl (C=O) groups excluding carboxylic acids is 1. The number of ether oxygens (including phenoxy) is 1. The summed E-state index contributed by atoms with van der Waals surface area (Å²) in [5.74, 6) is 0.721. The number of hydrogen-bond acceptors (Lipinski definition) is 3. The van der Waals surface area contributed by atoms with E-state index < -0.39 is 0 Å². The number of rotatable bonds is 4. The highest BCUT2D eigenvalue weighted by Gasteiger charge is 2.28. The SMILES string of the molecule is CCOc1ccc(C=C2C(=O)N(c3ccc(C)c(C)c3)N=C2C)cc1. The zero-order valence-electron chi connectivity index (χ0n) is 15.0. The van der Waals surface area contributed by atoms with Gasteiger partial charge in [-0.1, -0.05) is 18.2 Å². The summed E-state index contributed by atoms with van der Waals surface area (Å²) in [6.07, 6.45) is 1.87. The molecule has 25 heavy (non-hydrogen) atoms. The number of hydrogen-bond donors (Lipinski definition) is 0. The molecule has 1 amide bonds. The molecule has 3 rings (SSSR count). The molecular weight excluding hydrogens is 312 g/mol. The molecule has 0 N–H and O–H groups in total. The molecule has 0 fully saturated rings. The number of anilines is 1. The van der Waals surface area contributed by atoms with Gasteiger partial charge in [-0.3, -0.25) is 4.79 Å². The maximum absolute atomic E-state index is 12.8. The first-order chi connectivity index (χ1) is 12.0. The van der Waals surface area contributed by atoms with Crippen LogP contribution in [-0.4, -0.2) is 18.2 Å². The van der Waals surface area contributed by atoms with Crippen LogP contribution in [0.15, 0.2) is 53.1 Å². The van der Waals surface area contributed by atoms with Crippen LogP contribution in [0.3, 0.4) is 0 Å². The molecule has 1 aliphatic heterocycles. The van der Waals surface area contributed by atoms with Gasteiger partial charge in [0.2, 0.25) is 0 Å². The molecule has 0 atom stereocenters. The lowest BCUT2D eigenvalue weighted by Crippen LogP contribution is -2.21. The van der Waals surface area contributed by atoms with E-state index in [1.165, 1.54) is 10.6 Å². The zero-order valence-corrected chi connectivity index (χ0v) is 15.0. The Labute approximate surface area is 148 Å². The minimum atomic E-state index is -0.102. The van der Waals surface area contributed by atoms with Crippen LogP contribution in [0.25, 0.3) is 6.08 Å². The zero-order chi connectivity index (χ0) is 18.0. The van der Waals surface area contributed by atoms with E-state index in [1.807, 2.05) is 69.3 Å². The van der Waals surface area contributed by atoms with E-state index in [1.54, 1.807) is 0 Å². The van der Waals surface area contributed by atoms with E-state index in [-0.39, 0.29) is 5.91 Å². The van der Waals surface area contributed by atoms with Gasteiger partial charge in [-0.2, -0.15) is 10.1 Å². The first kappa shape index (κ1) is 17.0. The summed E-state index contributed by atoms with van der Waals surface area (Å²) < 4.78 is 5.45. The third kappa shape index (κ3) is 3.48. The largest absolute Gasteiger partial charge is 0.494 e. The molecule has 2 aromatic rings. The molecule has 0 aliphatic carbocycles. The molecule has 0 saturated carbocycles. The number of hydrazone groups is 1. The van der Waals surface area contributed by atoms with Crippen LogP contribution in [0, 0.1) is 13.8 Å². The molecule has 2 aromatic carbocycles.